The number of halogens is 3. The Labute approximate surface area is 179 Å². The molecule has 0 heterocycles. The van der Waals surface area contributed by atoms with Crippen molar-refractivity contribution >= 4 is 0 Å². The fourth-order valence-electron chi connectivity index (χ4n) is 6.73. The first-order valence-corrected chi connectivity index (χ1v) is 12.3. The lowest BCUT2D eigenvalue weighted by Crippen LogP contribution is -2.27. The van der Waals surface area contributed by atoms with E-state index >= 15 is 0 Å². The van der Waals surface area contributed by atoms with Crippen LogP contribution in [0.5, 0.6) is 5.75 Å². The summed E-state index contributed by atoms with van der Waals surface area (Å²) in [5, 5.41) is 0. The predicted octanol–water partition coefficient (Wildman–Crippen LogP) is 8.16. The van der Waals surface area contributed by atoms with Crippen molar-refractivity contribution in [2.75, 3.05) is 0 Å². The van der Waals surface area contributed by atoms with E-state index in [2.05, 4.69) is 4.74 Å². The monoisotopic (exact) mass is 422 g/mol. The molecule has 3 aliphatic rings. The minimum Gasteiger partial charge on any atom is -0.432 e. The summed E-state index contributed by atoms with van der Waals surface area (Å²) in [5.41, 5.74) is 0.876. The number of aryl methyl sites for hydroxylation is 1. The normalized spacial score (nSPS) is 30.7. The van der Waals surface area contributed by atoms with Gasteiger partial charge in [0.2, 0.25) is 0 Å². The molecule has 0 atom stereocenters. The molecule has 30 heavy (non-hydrogen) atoms. The van der Waals surface area contributed by atoms with E-state index in [9.17, 15) is 13.2 Å². The third-order valence-corrected chi connectivity index (χ3v) is 8.49. The van der Waals surface area contributed by atoms with Crippen molar-refractivity contribution < 1.29 is 17.9 Å². The standard InChI is InChI=1S/C26H37F3O/c27-24-17-19(9-16-25(24)30-26(28)29)6-5-18-7-10-21(11-8-18)23-14-12-22(13-15-23)20-3-1-2-4-20/h9,16-18,20-23,26H,1-8,10-15H2. The van der Waals surface area contributed by atoms with Gasteiger partial charge in [-0.15, -0.1) is 0 Å². The Kier molecular flexibility index (Phi) is 7.64. The second-order valence-corrected chi connectivity index (χ2v) is 10.2. The van der Waals surface area contributed by atoms with E-state index in [-0.39, 0.29) is 5.75 Å². The Morgan fingerprint density at radius 3 is 1.83 bits per heavy atom. The van der Waals surface area contributed by atoms with Gasteiger partial charge in [-0.3, -0.25) is 0 Å². The minimum atomic E-state index is -2.99. The number of benzene rings is 1. The Hall–Kier alpha value is -1.19. The summed E-state index contributed by atoms with van der Waals surface area (Å²) in [4.78, 5) is 0. The molecule has 0 aliphatic heterocycles. The van der Waals surface area contributed by atoms with Crippen LogP contribution in [0.1, 0.15) is 89.0 Å². The molecule has 0 N–H and O–H groups in total. The molecule has 0 radical (unpaired) electrons. The average Bonchev–Trinajstić information content (AvgIpc) is 3.29. The SMILES string of the molecule is Fc1cc(CCC2CCC(C3CCC(C4CCCC4)CC3)CC2)ccc1OC(F)F. The number of rotatable bonds is 7. The molecule has 4 rings (SSSR count). The van der Waals surface area contributed by atoms with Crippen LogP contribution in [0.2, 0.25) is 0 Å². The van der Waals surface area contributed by atoms with E-state index in [1.54, 1.807) is 6.07 Å². The van der Waals surface area contributed by atoms with Gasteiger partial charge in [-0.2, -0.15) is 8.78 Å². The van der Waals surface area contributed by atoms with E-state index < -0.39 is 12.4 Å². The third-order valence-electron chi connectivity index (χ3n) is 8.49. The molecule has 168 valence electrons. The molecule has 1 nitrogen and oxygen atoms in total. The van der Waals surface area contributed by atoms with E-state index in [4.69, 9.17) is 0 Å². The van der Waals surface area contributed by atoms with Crippen molar-refractivity contribution in [1.82, 2.24) is 0 Å². The lowest BCUT2D eigenvalue weighted by molar-refractivity contribution is -0.0522. The van der Waals surface area contributed by atoms with Crippen molar-refractivity contribution in [3.05, 3.63) is 29.6 Å². The minimum absolute atomic E-state index is 0.364. The van der Waals surface area contributed by atoms with E-state index in [1.807, 2.05) is 0 Å². The first kappa shape index (κ1) is 22.0. The van der Waals surface area contributed by atoms with Crippen molar-refractivity contribution in [3.8, 4) is 5.75 Å². The fourth-order valence-corrected chi connectivity index (χ4v) is 6.73. The molecule has 0 saturated heterocycles. The molecule has 0 amide bonds. The molecular weight excluding hydrogens is 385 g/mol. The van der Waals surface area contributed by atoms with Gasteiger partial charge in [0.05, 0.1) is 0 Å². The van der Waals surface area contributed by atoms with Gasteiger partial charge >= 0.3 is 6.61 Å². The van der Waals surface area contributed by atoms with Gasteiger partial charge < -0.3 is 4.74 Å². The lowest BCUT2D eigenvalue weighted by Gasteiger charge is -2.39. The van der Waals surface area contributed by atoms with Crippen LogP contribution in [0.3, 0.4) is 0 Å². The molecular formula is C26H37F3O. The predicted molar refractivity (Wildman–Crippen MR) is 114 cm³/mol. The average molecular weight is 423 g/mol. The van der Waals surface area contributed by atoms with Crippen LogP contribution in [0.4, 0.5) is 13.2 Å². The van der Waals surface area contributed by atoms with E-state index in [0.29, 0.717) is 0 Å². The smallest absolute Gasteiger partial charge is 0.387 e. The summed E-state index contributed by atoms with van der Waals surface area (Å²) >= 11 is 0. The first-order valence-electron chi connectivity index (χ1n) is 12.3. The molecule has 0 aromatic heterocycles. The summed E-state index contributed by atoms with van der Waals surface area (Å²) in [5.74, 6) is 3.62. The molecule has 0 unspecified atom stereocenters. The third kappa shape index (κ3) is 5.73. The van der Waals surface area contributed by atoms with Crippen molar-refractivity contribution in [1.29, 1.82) is 0 Å². The molecule has 1 aromatic rings. The maximum absolute atomic E-state index is 13.9. The number of alkyl halides is 2. The highest BCUT2D eigenvalue weighted by Gasteiger charge is 2.33. The van der Waals surface area contributed by atoms with E-state index in [0.717, 1.165) is 48.0 Å². The second kappa shape index (κ2) is 10.4. The molecule has 1 aromatic carbocycles. The highest BCUT2D eigenvalue weighted by molar-refractivity contribution is 5.29. The quantitative estimate of drug-likeness (QED) is 0.431. The number of hydrogen-bond donors (Lipinski definition) is 0. The van der Waals surface area contributed by atoms with Gasteiger partial charge in [0, 0.05) is 0 Å². The molecule has 0 bridgehead atoms. The van der Waals surface area contributed by atoms with Crippen molar-refractivity contribution in [2.45, 2.75) is 96.5 Å². The zero-order valence-corrected chi connectivity index (χ0v) is 18.1. The summed E-state index contributed by atoms with van der Waals surface area (Å²) in [6.07, 6.45) is 19.0. The highest BCUT2D eigenvalue weighted by atomic mass is 19.3. The maximum atomic E-state index is 13.9. The van der Waals surface area contributed by atoms with Crippen LogP contribution in [-0.4, -0.2) is 6.61 Å². The Bertz CT molecular complexity index is 654. The Balaban J connectivity index is 1.17. The Morgan fingerprint density at radius 2 is 1.30 bits per heavy atom. The zero-order valence-electron chi connectivity index (χ0n) is 18.1. The van der Waals surface area contributed by atoms with Crippen LogP contribution < -0.4 is 4.74 Å². The number of ether oxygens (including phenoxy) is 1. The van der Waals surface area contributed by atoms with E-state index in [1.165, 1.54) is 89.2 Å². The molecule has 3 aliphatic carbocycles. The fraction of sp³-hybridized carbons (Fsp3) is 0.769. The van der Waals surface area contributed by atoms with Crippen LogP contribution in [0, 0.1) is 35.4 Å². The molecule has 4 heteroatoms. The van der Waals surface area contributed by atoms with Crippen molar-refractivity contribution in [2.24, 2.45) is 29.6 Å². The van der Waals surface area contributed by atoms with Crippen LogP contribution in [0.15, 0.2) is 18.2 Å². The van der Waals surface area contributed by atoms with Gasteiger partial charge in [0.25, 0.3) is 0 Å². The topological polar surface area (TPSA) is 9.23 Å². The summed E-state index contributed by atoms with van der Waals surface area (Å²) in [7, 11) is 0. The Morgan fingerprint density at radius 1 is 0.767 bits per heavy atom. The first-order chi connectivity index (χ1) is 14.6. The summed E-state index contributed by atoms with van der Waals surface area (Å²) in [6.45, 7) is -2.99. The lowest BCUT2D eigenvalue weighted by atomic mass is 9.67. The molecule has 3 saturated carbocycles. The molecule has 0 spiro atoms. The van der Waals surface area contributed by atoms with Crippen LogP contribution >= 0.6 is 0 Å². The van der Waals surface area contributed by atoms with Crippen LogP contribution in [-0.2, 0) is 6.42 Å². The van der Waals surface area contributed by atoms with Gasteiger partial charge in [-0.1, -0.05) is 44.6 Å². The van der Waals surface area contributed by atoms with Crippen molar-refractivity contribution in [3.63, 3.8) is 0 Å². The van der Waals surface area contributed by atoms with Gasteiger partial charge in [0.15, 0.2) is 11.6 Å². The van der Waals surface area contributed by atoms with Gasteiger partial charge in [-0.05, 0) is 98.7 Å². The summed E-state index contributed by atoms with van der Waals surface area (Å²) < 4.78 is 42.6. The van der Waals surface area contributed by atoms with Gasteiger partial charge in [-0.25, -0.2) is 4.39 Å². The maximum Gasteiger partial charge on any atom is 0.387 e. The number of hydrogen-bond acceptors (Lipinski definition) is 1. The zero-order chi connectivity index (χ0) is 20.9. The summed E-state index contributed by atoms with van der Waals surface area (Å²) in [6, 6.07) is 4.40. The largest absolute Gasteiger partial charge is 0.432 e. The van der Waals surface area contributed by atoms with Crippen LogP contribution in [0.25, 0.3) is 0 Å². The van der Waals surface area contributed by atoms with Gasteiger partial charge in [0.1, 0.15) is 0 Å². The second-order valence-electron chi connectivity index (χ2n) is 10.2. The highest BCUT2D eigenvalue weighted by Crippen LogP contribution is 2.46. The molecule has 3 fully saturated rings.